The van der Waals surface area contributed by atoms with E-state index in [4.69, 9.17) is 0 Å². The lowest BCUT2D eigenvalue weighted by Crippen LogP contribution is -2.26. The second-order valence-electron chi connectivity index (χ2n) is 18.2. The molecule has 0 radical (unpaired) electrons. The largest absolute Gasteiger partial charge is 0.310 e. The molecule has 1 aromatic heterocycles. The quantitative estimate of drug-likeness (QED) is 0.173. The maximum Gasteiger partial charge on any atom is 0.123 e. The zero-order chi connectivity index (χ0) is 39.7. The van der Waals surface area contributed by atoms with Crippen molar-refractivity contribution < 1.29 is 4.39 Å². The molecule has 1 atom stereocenters. The summed E-state index contributed by atoms with van der Waals surface area (Å²) in [4.78, 5) is 2.47. The van der Waals surface area contributed by atoms with Crippen LogP contribution < -0.4 is 4.90 Å². The molecule has 0 saturated heterocycles. The van der Waals surface area contributed by atoms with Crippen molar-refractivity contribution in [2.24, 2.45) is 0 Å². The summed E-state index contributed by atoms with van der Waals surface area (Å²) in [5, 5.41) is 4.90. The van der Waals surface area contributed by atoms with Crippen LogP contribution in [0.2, 0.25) is 0 Å². The van der Waals surface area contributed by atoms with Crippen LogP contribution >= 0.6 is 11.3 Å². The highest BCUT2D eigenvalue weighted by Crippen LogP contribution is 2.67. The van der Waals surface area contributed by atoms with Gasteiger partial charge in [-0.2, -0.15) is 0 Å². The number of anilines is 3. The third kappa shape index (κ3) is 4.86. The molecule has 1 spiro atoms. The maximum atomic E-state index is 15.9. The predicted octanol–water partition coefficient (Wildman–Crippen LogP) is 15.8. The molecule has 8 aromatic carbocycles. The maximum absolute atomic E-state index is 15.9. The lowest BCUT2D eigenvalue weighted by Gasteiger charge is -2.33. The van der Waals surface area contributed by atoms with E-state index in [0.717, 1.165) is 33.8 Å². The van der Waals surface area contributed by atoms with Gasteiger partial charge in [0.25, 0.3) is 0 Å². The molecular formula is C55H44FNS. The van der Waals surface area contributed by atoms with E-state index < -0.39 is 5.41 Å². The average Bonchev–Trinajstić information content (AvgIpc) is 3.85. The van der Waals surface area contributed by atoms with Crippen LogP contribution in [0.25, 0.3) is 53.2 Å². The first kappa shape index (κ1) is 35.2. The molecule has 1 unspecified atom stereocenters. The number of fused-ring (bicyclic) bond motifs is 16. The molecule has 1 nitrogen and oxygen atoms in total. The van der Waals surface area contributed by atoms with Gasteiger partial charge in [0.05, 0.1) is 11.1 Å². The van der Waals surface area contributed by atoms with Gasteiger partial charge >= 0.3 is 0 Å². The van der Waals surface area contributed by atoms with Crippen LogP contribution in [0.1, 0.15) is 74.9 Å². The Hall–Kier alpha value is -6.03. The second kappa shape index (κ2) is 12.2. The first-order valence-corrected chi connectivity index (χ1v) is 21.2. The van der Waals surface area contributed by atoms with Crippen molar-refractivity contribution in [3.8, 4) is 22.3 Å². The van der Waals surface area contributed by atoms with E-state index in [9.17, 15) is 0 Å². The fraction of sp³-hybridized carbons (Fsp3) is 0.164. The Morgan fingerprint density at radius 3 is 1.79 bits per heavy atom. The van der Waals surface area contributed by atoms with Crippen LogP contribution in [-0.4, -0.2) is 0 Å². The van der Waals surface area contributed by atoms with Crippen LogP contribution in [0, 0.1) is 5.82 Å². The fourth-order valence-corrected chi connectivity index (χ4v) is 11.4. The van der Waals surface area contributed by atoms with Crippen LogP contribution in [0.3, 0.4) is 0 Å². The molecule has 282 valence electrons. The smallest absolute Gasteiger partial charge is 0.123 e. The van der Waals surface area contributed by atoms with E-state index in [-0.39, 0.29) is 16.6 Å². The predicted molar refractivity (Wildman–Crippen MR) is 245 cm³/mol. The fourth-order valence-electron chi connectivity index (χ4n) is 10.1. The number of hydrogen-bond acceptors (Lipinski definition) is 2. The molecule has 58 heavy (non-hydrogen) atoms. The standard InChI is InChI=1S/C55H44FNS/c1-53(2,3)34-20-25-37(26-21-34)57(38-27-22-35(23-28-38)54(4,5)6)47-32-46-51(52-50(47)42-16-10-12-18-48(42)58-52)49-39-14-8-7-13-33(39)19-30-44(49)55(46)43-17-11-9-15-40(43)41-29-24-36(56)31-45(41)55/h7-32H,1-6H3. The molecule has 1 heterocycles. The third-order valence-corrected chi connectivity index (χ3v) is 14.0. The summed E-state index contributed by atoms with van der Waals surface area (Å²) < 4.78 is 18.4. The number of nitrogens with zero attached hydrogens (tertiary/aromatic N) is 1. The minimum absolute atomic E-state index is 0.0155. The number of rotatable bonds is 3. The van der Waals surface area contributed by atoms with Gasteiger partial charge in [-0.05, 0) is 120 Å². The SMILES string of the molecule is CC(C)(C)c1ccc(N(c2ccc(C(C)(C)C)cc2)c2cc3c(c4sc5ccccc5c24)-c2c(ccc4ccccc24)C32c3ccccc3-c3ccc(F)cc32)cc1. The summed E-state index contributed by atoms with van der Waals surface area (Å²) in [6, 6.07) is 57.3. The Morgan fingerprint density at radius 2 is 1.10 bits per heavy atom. The topological polar surface area (TPSA) is 3.24 Å². The van der Waals surface area contributed by atoms with Gasteiger partial charge < -0.3 is 4.90 Å². The summed E-state index contributed by atoms with van der Waals surface area (Å²) in [6.07, 6.45) is 0. The monoisotopic (exact) mass is 769 g/mol. The first-order valence-electron chi connectivity index (χ1n) is 20.4. The molecular weight excluding hydrogens is 726 g/mol. The van der Waals surface area contributed by atoms with E-state index in [1.807, 2.05) is 23.5 Å². The lowest BCUT2D eigenvalue weighted by molar-refractivity contribution is 0.590. The Bertz CT molecular complexity index is 3080. The van der Waals surface area contributed by atoms with Gasteiger partial charge in [0, 0.05) is 37.1 Å². The Kier molecular flexibility index (Phi) is 7.42. The first-order chi connectivity index (χ1) is 27.9. The van der Waals surface area contributed by atoms with Gasteiger partial charge in [-0.1, -0.05) is 151 Å². The number of hydrogen-bond donors (Lipinski definition) is 0. The molecule has 0 aliphatic heterocycles. The van der Waals surface area contributed by atoms with Gasteiger partial charge in [0.15, 0.2) is 0 Å². The normalized spacial score (nSPS) is 15.6. The van der Waals surface area contributed by atoms with Crippen molar-refractivity contribution in [1.29, 1.82) is 0 Å². The summed E-state index contributed by atoms with van der Waals surface area (Å²) in [5.74, 6) is -0.218. The summed E-state index contributed by atoms with van der Waals surface area (Å²) >= 11 is 1.88. The van der Waals surface area contributed by atoms with Gasteiger partial charge in [0.1, 0.15) is 5.82 Å². The van der Waals surface area contributed by atoms with Crippen LogP contribution in [0.4, 0.5) is 21.5 Å². The van der Waals surface area contributed by atoms with E-state index in [2.05, 4.69) is 186 Å². The van der Waals surface area contributed by atoms with Crippen LogP contribution in [-0.2, 0) is 16.2 Å². The molecule has 2 aliphatic carbocycles. The highest BCUT2D eigenvalue weighted by Gasteiger charge is 2.53. The van der Waals surface area contributed by atoms with E-state index in [1.54, 1.807) is 6.07 Å². The molecule has 0 fully saturated rings. The Balaban J connectivity index is 1.33. The van der Waals surface area contributed by atoms with Gasteiger partial charge in [-0.3, -0.25) is 0 Å². The van der Waals surface area contributed by atoms with Crippen LogP contribution in [0.5, 0.6) is 0 Å². The average molecular weight is 770 g/mol. The van der Waals surface area contributed by atoms with Crippen molar-refractivity contribution in [3.63, 3.8) is 0 Å². The molecule has 3 heteroatoms. The summed E-state index contributed by atoms with van der Waals surface area (Å²) in [5.41, 5.74) is 14.6. The molecule has 9 aromatic rings. The van der Waals surface area contributed by atoms with Crippen molar-refractivity contribution in [1.82, 2.24) is 0 Å². The molecule has 0 saturated carbocycles. The summed E-state index contributed by atoms with van der Waals surface area (Å²) in [6.45, 7) is 13.6. The molecule has 0 N–H and O–H groups in total. The molecule has 11 rings (SSSR count). The molecule has 2 aliphatic rings. The molecule has 0 amide bonds. The van der Waals surface area contributed by atoms with Gasteiger partial charge in [0.2, 0.25) is 0 Å². The number of thiophene rings is 1. The van der Waals surface area contributed by atoms with Crippen LogP contribution in [0.15, 0.2) is 158 Å². The Morgan fingerprint density at radius 1 is 0.500 bits per heavy atom. The van der Waals surface area contributed by atoms with Crippen molar-refractivity contribution >= 4 is 59.3 Å². The van der Waals surface area contributed by atoms with Gasteiger partial charge in [-0.15, -0.1) is 11.3 Å². The molecule has 0 bridgehead atoms. The second-order valence-corrected chi connectivity index (χ2v) is 19.3. The zero-order valence-electron chi connectivity index (χ0n) is 33.7. The number of benzene rings is 8. The number of halogens is 1. The van der Waals surface area contributed by atoms with E-state index in [0.29, 0.717) is 0 Å². The highest BCUT2D eigenvalue weighted by atomic mass is 32.1. The minimum Gasteiger partial charge on any atom is -0.310 e. The minimum atomic E-state index is -0.736. The van der Waals surface area contributed by atoms with E-state index in [1.165, 1.54) is 69.9 Å². The van der Waals surface area contributed by atoms with E-state index >= 15 is 4.39 Å². The van der Waals surface area contributed by atoms with Crippen molar-refractivity contribution in [3.05, 3.63) is 197 Å². The van der Waals surface area contributed by atoms with Gasteiger partial charge in [-0.25, -0.2) is 4.39 Å². The van der Waals surface area contributed by atoms with Crippen molar-refractivity contribution in [2.45, 2.75) is 57.8 Å². The Labute approximate surface area is 344 Å². The summed E-state index contributed by atoms with van der Waals surface area (Å²) in [7, 11) is 0. The highest BCUT2D eigenvalue weighted by molar-refractivity contribution is 7.26. The zero-order valence-corrected chi connectivity index (χ0v) is 34.6. The van der Waals surface area contributed by atoms with Crippen molar-refractivity contribution in [2.75, 3.05) is 4.90 Å². The third-order valence-electron chi connectivity index (χ3n) is 12.8. The lowest BCUT2D eigenvalue weighted by atomic mass is 9.70.